The summed E-state index contributed by atoms with van der Waals surface area (Å²) in [6.07, 6.45) is 2.31. The van der Waals surface area contributed by atoms with Crippen LogP contribution in [0.1, 0.15) is 47.5 Å². The van der Waals surface area contributed by atoms with Crippen LogP contribution in [0.3, 0.4) is 0 Å². The Bertz CT molecular complexity index is 516. The predicted octanol–water partition coefficient (Wildman–Crippen LogP) is 1.05. The molecule has 28 heavy (non-hydrogen) atoms. The number of hydrogen-bond acceptors (Lipinski definition) is 7. The summed E-state index contributed by atoms with van der Waals surface area (Å²) >= 11 is 0. The van der Waals surface area contributed by atoms with E-state index in [1.165, 1.54) is 5.01 Å². The van der Waals surface area contributed by atoms with E-state index in [0.717, 1.165) is 0 Å². The monoisotopic (exact) mass is 402 g/mol. The van der Waals surface area contributed by atoms with Crippen LogP contribution < -0.4 is 16.9 Å². The second kappa shape index (κ2) is 12.6. The fourth-order valence-corrected chi connectivity index (χ4v) is 2.91. The molecule has 9 nitrogen and oxygen atoms in total. The molecule has 6 N–H and O–H groups in total. The van der Waals surface area contributed by atoms with Crippen molar-refractivity contribution < 1.29 is 24.2 Å². The Kier molecular flexibility index (Phi) is 11.8. The van der Waals surface area contributed by atoms with Crippen molar-refractivity contribution in [3.8, 4) is 0 Å². The molecule has 0 spiro atoms. The third-order valence-electron chi connectivity index (χ3n) is 3.94. The van der Waals surface area contributed by atoms with Gasteiger partial charge in [0.2, 0.25) is 5.91 Å². The Hall–Kier alpha value is -1.84. The first-order valence-electron chi connectivity index (χ1n) is 9.46. The van der Waals surface area contributed by atoms with Gasteiger partial charge < -0.3 is 30.6 Å². The van der Waals surface area contributed by atoms with Crippen LogP contribution in [0, 0.1) is 10.8 Å². The second-order valence-corrected chi connectivity index (χ2v) is 8.39. The van der Waals surface area contributed by atoms with Crippen LogP contribution in [0.4, 0.5) is 0 Å². The first-order valence-corrected chi connectivity index (χ1v) is 9.46. The average molecular weight is 403 g/mol. The Morgan fingerprint density at radius 2 is 1.68 bits per heavy atom. The van der Waals surface area contributed by atoms with E-state index in [1.807, 2.05) is 13.8 Å². The van der Waals surface area contributed by atoms with Gasteiger partial charge in [0.1, 0.15) is 0 Å². The highest BCUT2D eigenvalue weighted by atomic mass is 16.5. The molecule has 1 amide bonds. The van der Waals surface area contributed by atoms with Crippen LogP contribution >= 0.6 is 0 Å². The van der Waals surface area contributed by atoms with Crippen molar-refractivity contribution in [1.29, 1.82) is 0 Å². The Labute approximate surface area is 168 Å². The number of ether oxygens (including phenoxy) is 2. The molecule has 164 valence electrons. The van der Waals surface area contributed by atoms with Crippen LogP contribution in [0.2, 0.25) is 0 Å². The van der Waals surface area contributed by atoms with E-state index in [-0.39, 0.29) is 12.3 Å². The van der Waals surface area contributed by atoms with Crippen molar-refractivity contribution in [2.45, 2.75) is 47.5 Å². The van der Waals surface area contributed by atoms with Gasteiger partial charge in [-0.3, -0.25) is 9.59 Å². The maximum absolute atomic E-state index is 12.1. The minimum Gasteiger partial charge on any atom is -0.481 e. The molecule has 0 heterocycles. The first kappa shape index (κ1) is 26.2. The number of allylic oxidation sites excluding steroid dienone is 1. The number of amides is 1. The number of rotatable bonds is 15. The minimum atomic E-state index is -0.868. The summed E-state index contributed by atoms with van der Waals surface area (Å²) in [5, 5.41) is 13.5. The molecule has 0 saturated carbocycles. The summed E-state index contributed by atoms with van der Waals surface area (Å²) in [6, 6.07) is 0. The van der Waals surface area contributed by atoms with E-state index in [9.17, 15) is 14.7 Å². The summed E-state index contributed by atoms with van der Waals surface area (Å²) in [5.74, 6) is 4.70. The average Bonchev–Trinajstić information content (AvgIpc) is 2.50. The molecule has 0 fully saturated rings. The SMILES string of the molecule is C/C(N)=C/N(N)CCOCCOCCNC(=O)CC(C)(C)CC(C)(C)C(=O)O. The molecule has 0 aliphatic carbocycles. The van der Waals surface area contributed by atoms with Gasteiger partial charge in [-0.15, -0.1) is 0 Å². The molecular weight excluding hydrogens is 364 g/mol. The van der Waals surface area contributed by atoms with Gasteiger partial charge in [0.25, 0.3) is 0 Å². The highest BCUT2D eigenvalue weighted by Crippen LogP contribution is 2.36. The van der Waals surface area contributed by atoms with Gasteiger partial charge in [-0.1, -0.05) is 13.8 Å². The standard InChI is InChI=1S/C19H38N4O5/c1-15(20)13-23(21)7-9-28-11-10-27-8-6-22-16(24)12-18(2,3)14-19(4,5)17(25)26/h13H,6-12,14,20-21H2,1-5H3,(H,22,24)(H,25,26)/b15-13-. The number of carbonyl (C=O) groups excluding carboxylic acids is 1. The Balaban J connectivity index is 3.80. The van der Waals surface area contributed by atoms with Gasteiger partial charge in [0.15, 0.2) is 0 Å². The van der Waals surface area contributed by atoms with Crippen molar-refractivity contribution in [3.05, 3.63) is 11.9 Å². The molecule has 0 rings (SSSR count). The van der Waals surface area contributed by atoms with E-state index < -0.39 is 16.8 Å². The Morgan fingerprint density at radius 3 is 2.21 bits per heavy atom. The van der Waals surface area contributed by atoms with Crippen LogP contribution in [0.15, 0.2) is 11.9 Å². The molecule has 0 radical (unpaired) electrons. The zero-order chi connectivity index (χ0) is 21.8. The lowest BCUT2D eigenvalue weighted by Crippen LogP contribution is -2.35. The zero-order valence-electron chi connectivity index (χ0n) is 17.9. The molecule has 9 heteroatoms. The molecule has 0 bridgehead atoms. The molecule has 0 unspecified atom stereocenters. The summed E-state index contributed by atoms with van der Waals surface area (Å²) in [5.41, 5.74) is 4.86. The molecule has 0 aromatic carbocycles. The molecule has 0 atom stereocenters. The van der Waals surface area contributed by atoms with Gasteiger partial charge in [-0.05, 0) is 32.6 Å². The van der Waals surface area contributed by atoms with Crippen molar-refractivity contribution in [1.82, 2.24) is 10.3 Å². The lowest BCUT2D eigenvalue weighted by atomic mass is 9.73. The number of nitrogens with two attached hydrogens (primary N) is 2. The quantitative estimate of drug-likeness (QED) is 0.181. The first-order chi connectivity index (χ1) is 12.9. The smallest absolute Gasteiger partial charge is 0.309 e. The highest BCUT2D eigenvalue weighted by molar-refractivity contribution is 5.77. The lowest BCUT2D eigenvalue weighted by Gasteiger charge is -2.31. The normalized spacial score (nSPS) is 12.7. The lowest BCUT2D eigenvalue weighted by molar-refractivity contribution is -0.149. The van der Waals surface area contributed by atoms with Gasteiger partial charge in [0.05, 0.1) is 38.4 Å². The largest absolute Gasteiger partial charge is 0.481 e. The number of hydrogen-bond donors (Lipinski definition) is 4. The summed E-state index contributed by atoms with van der Waals surface area (Å²) < 4.78 is 10.8. The number of nitrogens with one attached hydrogen (secondary N) is 1. The van der Waals surface area contributed by atoms with Crippen LogP contribution in [0.5, 0.6) is 0 Å². The fraction of sp³-hybridized carbons (Fsp3) is 0.789. The van der Waals surface area contributed by atoms with Crippen LogP contribution in [0.25, 0.3) is 0 Å². The molecule has 0 aromatic rings. The van der Waals surface area contributed by atoms with Gasteiger partial charge in [-0.2, -0.15) is 0 Å². The molecule has 0 aliphatic rings. The van der Waals surface area contributed by atoms with E-state index in [1.54, 1.807) is 27.0 Å². The van der Waals surface area contributed by atoms with Gasteiger partial charge >= 0.3 is 5.97 Å². The van der Waals surface area contributed by atoms with Crippen molar-refractivity contribution in [3.63, 3.8) is 0 Å². The maximum atomic E-state index is 12.1. The molecular formula is C19H38N4O5. The Morgan fingerprint density at radius 1 is 1.11 bits per heavy atom. The van der Waals surface area contributed by atoms with Crippen molar-refractivity contribution in [2.24, 2.45) is 22.4 Å². The molecule has 0 aromatic heterocycles. The van der Waals surface area contributed by atoms with E-state index in [0.29, 0.717) is 51.6 Å². The number of carboxylic acid groups (broad SMARTS) is 1. The zero-order valence-corrected chi connectivity index (χ0v) is 17.9. The number of nitrogens with zero attached hydrogens (tertiary/aromatic N) is 1. The van der Waals surface area contributed by atoms with E-state index in [4.69, 9.17) is 21.1 Å². The highest BCUT2D eigenvalue weighted by Gasteiger charge is 2.35. The topological polar surface area (TPSA) is 140 Å². The summed E-state index contributed by atoms with van der Waals surface area (Å²) in [4.78, 5) is 23.3. The third kappa shape index (κ3) is 13.3. The molecule has 0 aliphatic heterocycles. The number of carbonyl (C=O) groups is 2. The van der Waals surface area contributed by atoms with Crippen LogP contribution in [-0.2, 0) is 19.1 Å². The second-order valence-electron chi connectivity index (χ2n) is 8.39. The van der Waals surface area contributed by atoms with E-state index in [2.05, 4.69) is 5.32 Å². The summed E-state index contributed by atoms with van der Waals surface area (Å²) in [7, 11) is 0. The number of aliphatic carboxylic acids is 1. The predicted molar refractivity (Wildman–Crippen MR) is 108 cm³/mol. The number of hydrazine groups is 1. The molecule has 0 saturated heterocycles. The van der Waals surface area contributed by atoms with E-state index >= 15 is 0 Å². The maximum Gasteiger partial charge on any atom is 0.309 e. The number of carboxylic acids is 1. The summed E-state index contributed by atoms with van der Waals surface area (Å²) in [6.45, 7) is 11.5. The van der Waals surface area contributed by atoms with Crippen LogP contribution in [-0.4, -0.2) is 61.5 Å². The minimum absolute atomic E-state index is 0.114. The van der Waals surface area contributed by atoms with Gasteiger partial charge in [0, 0.05) is 24.9 Å². The third-order valence-corrected chi connectivity index (χ3v) is 3.94. The van der Waals surface area contributed by atoms with Crippen molar-refractivity contribution >= 4 is 11.9 Å². The van der Waals surface area contributed by atoms with Crippen molar-refractivity contribution in [2.75, 3.05) is 39.5 Å². The van der Waals surface area contributed by atoms with Gasteiger partial charge in [-0.25, -0.2) is 5.84 Å². The fourth-order valence-electron chi connectivity index (χ4n) is 2.91.